The summed E-state index contributed by atoms with van der Waals surface area (Å²) >= 11 is 0. The molecule has 0 aliphatic heterocycles. The van der Waals surface area contributed by atoms with Crippen LogP contribution in [0.2, 0.25) is 0 Å². The Morgan fingerprint density at radius 2 is 2.21 bits per heavy atom. The van der Waals surface area contributed by atoms with Crippen molar-refractivity contribution in [2.75, 3.05) is 7.11 Å². The van der Waals surface area contributed by atoms with Crippen LogP contribution < -0.4 is 4.74 Å². The number of ether oxygens (including phenoxy) is 1. The number of halogens is 2. The number of alkyl halides is 2. The highest BCUT2D eigenvalue weighted by Crippen LogP contribution is 2.27. The Bertz CT molecular complexity index is 353. The summed E-state index contributed by atoms with van der Waals surface area (Å²) in [5, 5.41) is 0. The van der Waals surface area contributed by atoms with Crippen LogP contribution in [0.5, 0.6) is 5.88 Å². The molecular weight excluding hydrogens is 192 g/mol. The Hall–Kier alpha value is -1.52. The summed E-state index contributed by atoms with van der Waals surface area (Å²) in [4.78, 5) is 14.4. The van der Waals surface area contributed by atoms with Gasteiger partial charge in [-0.15, -0.1) is 0 Å². The smallest absolute Gasteiger partial charge is 0.264 e. The second-order valence-electron chi connectivity index (χ2n) is 2.69. The standard InChI is InChI=1S/C9H9F2NO2/c1-5-3-6(8(10)11)7(4-13)9(12-5)14-2/h3-4,8H,1-2H3. The van der Waals surface area contributed by atoms with E-state index < -0.39 is 6.43 Å². The van der Waals surface area contributed by atoms with Crippen molar-refractivity contribution in [1.82, 2.24) is 4.98 Å². The van der Waals surface area contributed by atoms with Gasteiger partial charge in [-0.3, -0.25) is 4.79 Å². The van der Waals surface area contributed by atoms with Gasteiger partial charge in [0.2, 0.25) is 5.88 Å². The lowest BCUT2D eigenvalue weighted by molar-refractivity contribution is 0.110. The van der Waals surface area contributed by atoms with E-state index in [2.05, 4.69) is 4.98 Å². The van der Waals surface area contributed by atoms with Gasteiger partial charge in [-0.2, -0.15) is 0 Å². The number of methoxy groups -OCH3 is 1. The van der Waals surface area contributed by atoms with Gasteiger partial charge in [-0.1, -0.05) is 0 Å². The minimum Gasteiger partial charge on any atom is -0.480 e. The van der Waals surface area contributed by atoms with Crippen LogP contribution in [0, 0.1) is 6.92 Å². The Balaban J connectivity index is 3.39. The third-order valence-corrected chi connectivity index (χ3v) is 1.73. The summed E-state index contributed by atoms with van der Waals surface area (Å²) in [6.45, 7) is 1.56. The molecule has 0 aliphatic carbocycles. The van der Waals surface area contributed by atoms with E-state index in [1.807, 2.05) is 0 Å². The van der Waals surface area contributed by atoms with E-state index in [1.165, 1.54) is 13.2 Å². The summed E-state index contributed by atoms with van der Waals surface area (Å²) in [5.41, 5.74) is -0.139. The van der Waals surface area contributed by atoms with E-state index >= 15 is 0 Å². The van der Waals surface area contributed by atoms with E-state index in [4.69, 9.17) is 4.74 Å². The van der Waals surface area contributed by atoms with Crippen molar-refractivity contribution in [2.45, 2.75) is 13.3 Å². The molecular formula is C9H9F2NO2. The predicted molar refractivity (Wildman–Crippen MR) is 45.9 cm³/mol. The normalized spacial score (nSPS) is 10.4. The number of hydrogen-bond acceptors (Lipinski definition) is 3. The molecule has 1 aromatic rings. The van der Waals surface area contributed by atoms with Crippen LogP contribution in [0.3, 0.4) is 0 Å². The average Bonchev–Trinajstić information content (AvgIpc) is 2.16. The molecule has 1 rings (SSSR count). The van der Waals surface area contributed by atoms with Gasteiger partial charge in [0.25, 0.3) is 6.43 Å². The first kappa shape index (κ1) is 10.6. The molecule has 0 spiro atoms. The highest BCUT2D eigenvalue weighted by atomic mass is 19.3. The fourth-order valence-corrected chi connectivity index (χ4v) is 1.13. The maximum Gasteiger partial charge on any atom is 0.264 e. The Kier molecular flexibility index (Phi) is 3.11. The molecule has 0 unspecified atom stereocenters. The minimum absolute atomic E-state index is 0.0599. The molecule has 0 saturated carbocycles. The lowest BCUT2D eigenvalue weighted by Crippen LogP contribution is -2.02. The van der Waals surface area contributed by atoms with Crippen molar-refractivity contribution in [3.05, 3.63) is 22.9 Å². The number of aldehydes is 1. The number of aryl methyl sites for hydroxylation is 1. The SMILES string of the molecule is COc1nc(C)cc(C(F)F)c1C=O. The molecule has 0 N–H and O–H groups in total. The third kappa shape index (κ3) is 1.86. The number of carbonyl (C=O) groups excluding carboxylic acids is 1. The predicted octanol–water partition coefficient (Wildman–Crippen LogP) is 2.15. The van der Waals surface area contributed by atoms with Gasteiger partial charge in [0.05, 0.1) is 12.7 Å². The van der Waals surface area contributed by atoms with Gasteiger partial charge >= 0.3 is 0 Å². The molecule has 0 aliphatic rings. The molecule has 0 aromatic carbocycles. The van der Waals surface area contributed by atoms with Crippen LogP contribution in [-0.2, 0) is 0 Å². The Morgan fingerprint density at radius 3 is 2.64 bits per heavy atom. The monoisotopic (exact) mass is 201 g/mol. The second-order valence-corrected chi connectivity index (χ2v) is 2.69. The van der Waals surface area contributed by atoms with Crippen LogP contribution in [0.1, 0.15) is 28.0 Å². The Labute approximate surface area is 79.7 Å². The van der Waals surface area contributed by atoms with E-state index in [-0.39, 0.29) is 17.0 Å². The molecule has 0 radical (unpaired) electrons. The number of nitrogens with zero attached hydrogens (tertiary/aromatic N) is 1. The van der Waals surface area contributed by atoms with E-state index in [9.17, 15) is 13.6 Å². The Morgan fingerprint density at radius 1 is 1.57 bits per heavy atom. The first-order valence-corrected chi connectivity index (χ1v) is 3.89. The maximum absolute atomic E-state index is 12.5. The van der Waals surface area contributed by atoms with E-state index in [1.54, 1.807) is 6.92 Å². The zero-order valence-corrected chi connectivity index (χ0v) is 7.75. The van der Waals surface area contributed by atoms with Gasteiger partial charge in [0.1, 0.15) is 0 Å². The van der Waals surface area contributed by atoms with Crippen molar-refractivity contribution in [2.24, 2.45) is 0 Å². The van der Waals surface area contributed by atoms with Crippen LogP contribution >= 0.6 is 0 Å². The fourth-order valence-electron chi connectivity index (χ4n) is 1.13. The van der Waals surface area contributed by atoms with Crippen LogP contribution in [-0.4, -0.2) is 18.4 Å². The van der Waals surface area contributed by atoms with Crippen LogP contribution in [0.4, 0.5) is 8.78 Å². The topological polar surface area (TPSA) is 39.2 Å². The highest BCUT2D eigenvalue weighted by Gasteiger charge is 2.18. The summed E-state index contributed by atoms with van der Waals surface area (Å²) in [5.74, 6) is -0.0599. The van der Waals surface area contributed by atoms with Gasteiger partial charge < -0.3 is 4.74 Å². The maximum atomic E-state index is 12.5. The molecule has 76 valence electrons. The van der Waals surface area contributed by atoms with Crippen molar-refractivity contribution in [3.63, 3.8) is 0 Å². The van der Waals surface area contributed by atoms with Crippen LogP contribution in [0.25, 0.3) is 0 Å². The van der Waals surface area contributed by atoms with E-state index in [0.29, 0.717) is 12.0 Å². The number of rotatable bonds is 3. The molecule has 0 atom stereocenters. The van der Waals surface area contributed by atoms with Crippen LogP contribution in [0.15, 0.2) is 6.07 Å². The minimum atomic E-state index is -2.70. The zero-order valence-electron chi connectivity index (χ0n) is 7.75. The van der Waals surface area contributed by atoms with E-state index in [0.717, 1.165) is 0 Å². The molecule has 0 amide bonds. The van der Waals surface area contributed by atoms with Crippen molar-refractivity contribution in [1.29, 1.82) is 0 Å². The molecule has 5 heteroatoms. The number of carbonyl (C=O) groups is 1. The second kappa shape index (κ2) is 4.13. The quantitative estimate of drug-likeness (QED) is 0.703. The molecule has 14 heavy (non-hydrogen) atoms. The lowest BCUT2D eigenvalue weighted by Gasteiger charge is -2.08. The molecule has 1 heterocycles. The number of aromatic nitrogens is 1. The largest absolute Gasteiger partial charge is 0.480 e. The summed E-state index contributed by atoms with van der Waals surface area (Å²) in [6, 6.07) is 1.18. The first-order valence-electron chi connectivity index (χ1n) is 3.89. The van der Waals surface area contributed by atoms with Gasteiger partial charge in [0, 0.05) is 11.3 Å². The molecule has 1 aromatic heterocycles. The average molecular weight is 201 g/mol. The lowest BCUT2D eigenvalue weighted by atomic mass is 10.1. The van der Waals surface area contributed by atoms with Crippen molar-refractivity contribution >= 4 is 6.29 Å². The van der Waals surface area contributed by atoms with Gasteiger partial charge in [-0.05, 0) is 13.0 Å². The number of pyridine rings is 1. The summed E-state index contributed by atoms with van der Waals surface area (Å²) in [6.07, 6.45) is -2.38. The fraction of sp³-hybridized carbons (Fsp3) is 0.333. The van der Waals surface area contributed by atoms with Gasteiger partial charge in [-0.25, -0.2) is 13.8 Å². The van der Waals surface area contributed by atoms with Gasteiger partial charge in [0.15, 0.2) is 6.29 Å². The van der Waals surface area contributed by atoms with Crippen molar-refractivity contribution < 1.29 is 18.3 Å². The summed E-state index contributed by atoms with van der Waals surface area (Å²) in [7, 11) is 1.28. The molecule has 0 saturated heterocycles. The highest BCUT2D eigenvalue weighted by molar-refractivity contribution is 5.80. The third-order valence-electron chi connectivity index (χ3n) is 1.73. The molecule has 0 bridgehead atoms. The van der Waals surface area contributed by atoms with Crippen molar-refractivity contribution in [3.8, 4) is 5.88 Å². The summed E-state index contributed by atoms with van der Waals surface area (Å²) < 4.78 is 29.7. The molecule has 0 fully saturated rings. The zero-order chi connectivity index (χ0) is 10.7. The number of hydrogen-bond donors (Lipinski definition) is 0. The molecule has 3 nitrogen and oxygen atoms in total. The first-order chi connectivity index (χ1) is 6.60.